The van der Waals surface area contributed by atoms with Crippen molar-refractivity contribution in [1.29, 1.82) is 0 Å². The number of benzene rings is 1. The first kappa shape index (κ1) is 19.9. The fourth-order valence-corrected chi connectivity index (χ4v) is 4.14. The number of aromatic nitrogens is 1. The lowest BCUT2D eigenvalue weighted by atomic mass is 10.2. The molecular weight excluding hydrogens is 362 g/mol. The number of amides is 1. The molecule has 1 aromatic heterocycles. The maximum absolute atomic E-state index is 12.9. The van der Waals surface area contributed by atoms with Crippen molar-refractivity contribution in [2.45, 2.75) is 12.8 Å². The Morgan fingerprint density at radius 3 is 2.17 bits per heavy atom. The van der Waals surface area contributed by atoms with Gasteiger partial charge in [-0.2, -0.15) is 0 Å². The Morgan fingerprint density at radius 1 is 0.897 bits per heavy atom. The fraction of sp³-hybridized carbons (Fsp3) is 0.478. The van der Waals surface area contributed by atoms with Gasteiger partial charge in [0.05, 0.1) is 5.56 Å². The van der Waals surface area contributed by atoms with Crippen LogP contribution in [-0.4, -0.2) is 85.0 Å². The number of para-hydroxylation sites is 1. The van der Waals surface area contributed by atoms with Gasteiger partial charge in [-0.25, -0.2) is 4.98 Å². The predicted molar refractivity (Wildman–Crippen MR) is 117 cm³/mol. The van der Waals surface area contributed by atoms with Crippen LogP contribution >= 0.6 is 0 Å². The van der Waals surface area contributed by atoms with E-state index < -0.39 is 0 Å². The van der Waals surface area contributed by atoms with Crippen molar-refractivity contribution in [2.24, 2.45) is 0 Å². The molecule has 0 radical (unpaired) electrons. The smallest absolute Gasteiger partial charge is 0.255 e. The highest BCUT2D eigenvalue weighted by Crippen LogP contribution is 2.21. The number of rotatable bonds is 6. The highest BCUT2D eigenvalue weighted by molar-refractivity contribution is 5.94. The van der Waals surface area contributed by atoms with Crippen LogP contribution in [0.3, 0.4) is 0 Å². The molecule has 6 nitrogen and oxygen atoms in total. The molecule has 2 aliphatic heterocycles. The molecule has 154 valence electrons. The minimum absolute atomic E-state index is 0.0885. The van der Waals surface area contributed by atoms with Crippen molar-refractivity contribution >= 4 is 17.4 Å². The molecule has 2 fully saturated rings. The number of hydrogen-bond acceptors (Lipinski definition) is 5. The van der Waals surface area contributed by atoms with Crippen molar-refractivity contribution in [3.8, 4) is 0 Å². The van der Waals surface area contributed by atoms with E-state index in [1.807, 2.05) is 59.3 Å². The predicted octanol–water partition coefficient (Wildman–Crippen LogP) is 2.70. The van der Waals surface area contributed by atoms with Gasteiger partial charge in [-0.3, -0.25) is 9.69 Å². The van der Waals surface area contributed by atoms with Gasteiger partial charge in [-0.15, -0.1) is 0 Å². The van der Waals surface area contributed by atoms with Crippen molar-refractivity contribution in [2.75, 3.05) is 64.3 Å². The molecule has 0 atom stereocenters. The van der Waals surface area contributed by atoms with E-state index in [1.165, 1.54) is 25.9 Å². The molecule has 2 aromatic rings. The summed E-state index contributed by atoms with van der Waals surface area (Å²) in [5.74, 6) is 0.921. The molecule has 1 amide bonds. The normalized spacial score (nSPS) is 18.2. The molecule has 29 heavy (non-hydrogen) atoms. The second-order valence-electron chi connectivity index (χ2n) is 7.98. The minimum Gasteiger partial charge on any atom is -0.336 e. The highest BCUT2D eigenvalue weighted by Gasteiger charge is 2.23. The summed E-state index contributed by atoms with van der Waals surface area (Å²) in [5, 5.41) is 0. The third kappa shape index (κ3) is 4.95. The molecule has 2 saturated heterocycles. The summed E-state index contributed by atoms with van der Waals surface area (Å²) in [5.41, 5.74) is 1.74. The van der Waals surface area contributed by atoms with Gasteiger partial charge < -0.3 is 14.7 Å². The molecule has 3 heterocycles. The number of likely N-dealkylation sites (tertiary alicyclic amines) is 1. The number of carbonyl (C=O) groups is 1. The lowest BCUT2D eigenvalue weighted by molar-refractivity contribution is 0.0626. The van der Waals surface area contributed by atoms with Crippen LogP contribution in [0.15, 0.2) is 48.7 Å². The summed E-state index contributed by atoms with van der Waals surface area (Å²) >= 11 is 0. The monoisotopic (exact) mass is 393 g/mol. The molecule has 0 spiro atoms. The van der Waals surface area contributed by atoms with Gasteiger partial charge in [0.1, 0.15) is 5.82 Å². The van der Waals surface area contributed by atoms with E-state index in [2.05, 4.69) is 14.8 Å². The molecule has 0 bridgehead atoms. The summed E-state index contributed by atoms with van der Waals surface area (Å²) in [6, 6.07) is 13.9. The van der Waals surface area contributed by atoms with Crippen LogP contribution in [0.2, 0.25) is 0 Å². The second-order valence-corrected chi connectivity index (χ2v) is 7.98. The Labute approximate surface area is 173 Å². The van der Waals surface area contributed by atoms with Crippen LogP contribution in [0.4, 0.5) is 11.5 Å². The molecule has 6 heteroatoms. The van der Waals surface area contributed by atoms with Crippen LogP contribution < -0.4 is 4.90 Å². The maximum atomic E-state index is 12.9. The third-order valence-corrected chi connectivity index (χ3v) is 6.07. The van der Waals surface area contributed by atoms with Gasteiger partial charge in [-0.05, 0) is 50.2 Å². The van der Waals surface area contributed by atoms with E-state index in [4.69, 9.17) is 0 Å². The largest absolute Gasteiger partial charge is 0.336 e. The van der Waals surface area contributed by atoms with Crippen molar-refractivity contribution in [1.82, 2.24) is 19.7 Å². The summed E-state index contributed by atoms with van der Waals surface area (Å²) < 4.78 is 0. The summed E-state index contributed by atoms with van der Waals surface area (Å²) in [6.07, 6.45) is 4.39. The van der Waals surface area contributed by atoms with E-state index in [1.54, 1.807) is 6.20 Å². The van der Waals surface area contributed by atoms with E-state index in [0.29, 0.717) is 5.56 Å². The standard InChI is InChI=1S/C23H31N5O/c1-25(21-7-3-2-4-8-21)22-10-9-20(19-24-22)23(29)28-17-15-27(16-18-28)14-13-26-11-5-6-12-26/h2-4,7-10,19H,5-6,11-18H2,1H3. The van der Waals surface area contributed by atoms with Crippen LogP contribution in [-0.2, 0) is 0 Å². The van der Waals surface area contributed by atoms with Gasteiger partial charge in [-0.1, -0.05) is 18.2 Å². The van der Waals surface area contributed by atoms with Crippen molar-refractivity contribution in [3.63, 3.8) is 0 Å². The van der Waals surface area contributed by atoms with Gasteiger partial charge in [0.2, 0.25) is 0 Å². The molecule has 0 saturated carbocycles. The van der Waals surface area contributed by atoms with E-state index in [-0.39, 0.29) is 5.91 Å². The zero-order valence-corrected chi connectivity index (χ0v) is 17.3. The number of anilines is 2. The molecular formula is C23H31N5O. The highest BCUT2D eigenvalue weighted by atomic mass is 16.2. The lowest BCUT2D eigenvalue weighted by Crippen LogP contribution is -2.50. The van der Waals surface area contributed by atoms with Crippen molar-refractivity contribution in [3.05, 3.63) is 54.2 Å². The molecule has 1 aromatic carbocycles. The first-order valence-electron chi connectivity index (χ1n) is 10.7. The Kier molecular flexibility index (Phi) is 6.42. The summed E-state index contributed by atoms with van der Waals surface area (Å²) in [4.78, 5) is 26.4. The van der Waals surface area contributed by atoms with Crippen LogP contribution in [0.25, 0.3) is 0 Å². The Bertz CT molecular complexity index is 781. The SMILES string of the molecule is CN(c1ccccc1)c1ccc(C(=O)N2CCN(CCN3CCCC3)CC2)cn1. The Hall–Kier alpha value is -2.44. The quantitative estimate of drug-likeness (QED) is 0.755. The first-order valence-corrected chi connectivity index (χ1v) is 10.7. The first-order chi connectivity index (χ1) is 14.2. The zero-order chi connectivity index (χ0) is 20.1. The number of hydrogen-bond donors (Lipinski definition) is 0. The van der Waals surface area contributed by atoms with Gasteiger partial charge in [0.25, 0.3) is 5.91 Å². The minimum atomic E-state index is 0.0885. The number of piperazine rings is 1. The molecule has 4 rings (SSSR count). The summed E-state index contributed by atoms with van der Waals surface area (Å²) in [6.45, 7) is 8.29. The van der Waals surface area contributed by atoms with Crippen LogP contribution in [0.1, 0.15) is 23.2 Å². The average molecular weight is 394 g/mol. The molecule has 2 aliphatic rings. The fourth-order valence-electron chi connectivity index (χ4n) is 4.14. The molecule has 0 N–H and O–H groups in total. The van der Waals surface area contributed by atoms with Crippen LogP contribution in [0.5, 0.6) is 0 Å². The Morgan fingerprint density at radius 2 is 1.55 bits per heavy atom. The number of nitrogens with zero attached hydrogens (tertiary/aromatic N) is 5. The third-order valence-electron chi connectivity index (χ3n) is 6.07. The van der Waals surface area contributed by atoms with Gasteiger partial charge >= 0.3 is 0 Å². The number of carbonyl (C=O) groups excluding carboxylic acids is 1. The van der Waals surface area contributed by atoms with E-state index >= 15 is 0 Å². The molecule has 0 unspecified atom stereocenters. The van der Waals surface area contributed by atoms with Crippen molar-refractivity contribution < 1.29 is 4.79 Å². The van der Waals surface area contributed by atoms with E-state index in [9.17, 15) is 4.79 Å². The van der Waals surface area contributed by atoms with E-state index in [0.717, 1.165) is 50.8 Å². The topological polar surface area (TPSA) is 42.9 Å². The zero-order valence-electron chi connectivity index (χ0n) is 17.3. The second kappa shape index (κ2) is 9.37. The van der Waals surface area contributed by atoms with Gasteiger partial charge in [0, 0.05) is 58.2 Å². The number of pyridine rings is 1. The molecule has 0 aliphatic carbocycles. The Balaban J connectivity index is 1.28. The average Bonchev–Trinajstić information content (AvgIpc) is 3.31. The summed E-state index contributed by atoms with van der Waals surface area (Å²) in [7, 11) is 1.99. The lowest BCUT2D eigenvalue weighted by Gasteiger charge is -2.35. The van der Waals surface area contributed by atoms with Gasteiger partial charge in [0.15, 0.2) is 0 Å². The maximum Gasteiger partial charge on any atom is 0.255 e. The van der Waals surface area contributed by atoms with Crippen LogP contribution in [0, 0.1) is 0 Å².